The van der Waals surface area contributed by atoms with E-state index in [1.165, 1.54) is 25.4 Å². The Morgan fingerprint density at radius 2 is 1.00 bits per heavy atom. The molecule has 160 valence electrons. The number of carbonyl (C=O) groups is 2. The van der Waals surface area contributed by atoms with Gasteiger partial charge in [0.05, 0.1) is 0 Å². The molecule has 0 aromatic heterocycles. The first-order chi connectivity index (χ1) is 11.5. The Hall–Kier alpha value is 0.479. The van der Waals surface area contributed by atoms with Crippen molar-refractivity contribution >= 4 is 28.6 Å². The third kappa shape index (κ3) is 22.5. The van der Waals surface area contributed by atoms with Crippen LogP contribution in [0, 0.1) is 0 Å². The zero-order valence-electron chi connectivity index (χ0n) is 18.4. The largest absolute Gasteiger partial charge is 0.481 e. The Morgan fingerprint density at radius 3 is 1.15 bits per heavy atom. The smallest absolute Gasteiger partial charge is 0.300 e. The molecule has 0 amide bonds. The molecule has 0 heterocycles. The predicted molar refractivity (Wildman–Crippen MR) is 117 cm³/mol. The van der Waals surface area contributed by atoms with E-state index in [0.717, 1.165) is 29.6 Å². The molecular weight excluding hydrogens is 408 g/mol. The second kappa shape index (κ2) is 21.8. The van der Waals surface area contributed by atoms with Gasteiger partial charge in [-0.25, -0.2) is 0 Å². The van der Waals surface area contributed by atoms with Crippen LogP contribution in [0.2, 0.25) is 0 Å². The van der Waals surface area contributed by atoms with Crippen molar-refractivity contribution in [3.8, 4) is 0 Å². The Balaban J connectivity index is -0.000000302. The van der Waals surface area contributed by atoms with Gasteiger partial charge in [0.15, 0.2) is 0 Å². The molecule has 0 aromatic carbocycles. The molecule has 0 aromatic rings. The van der Waals surface area contributed by atoms with Crippen molar-refractivity contribution in [2.75, 3.05) is 25.4 Å². The topological polar surface area (TPSA) is 66.4 Å². The molecule has 0 saturated carbocycles. The summed E-state index contributed by atoms with van der Waals surface area (Å²) in [5.74, 6) is -0.833. The van der Waals surface area contributed by atoms with Crippen LogP contribution in [-0.2, 0) is 26.7 Å². The van der Waals surface area contributed by atoms with Crippen LogP contribution in [0.5, 0.6) is 0 Å². The summed E-state index contributed by atoms with van der Waals surface area (Å²) in [4.78, 5) is 17.0. The quantitative estimate of drug-likeness (QED) is 0.276. The third-order valence-corrected chi connectivity index (χ3v) is 10.5. The molecule has 7 heteroatoms. The van der Waals surface area contributed by atoms with Crippen LogP contribution in [0.3, 0.4) is 0 Å². The van der Waals surface area contributed by atoms with E-state index in [-0.39, 0.29) is 32.9 Å². The Labute approximate surface area is 176 Å². The molecule has 0 fully saturated rings. The van der Waals surface area contributed by atoms with Gasteiger partial charge in [0.25, 0.3) is 5.97 Å². The molecule has 0 aliphatic rings. The number of aliphatic carboxylic acids is 1. The van der Waals surface area contributed by atoms with Crippen molar-refractivity contribution < 1.29 is 31.8 Å². The van der Waals surface area contributed by atoms with Gasteiger partial charge in [-0.1, -0.05) is 55.4 Å². The summed E-state index contributed by atoms with van der Waals surface area (Å²) in [6.45, 7) is 24.7. The normalized spacial score (nSPS) is 10.6. The number of nitrogens with one attached hydrogen (secondary N) is 1. The monoisotopic (exact) mass is 451 g/mol. The van der Waals surface area contributed by atoms with Gasteiger partial charge in [-0.15, -0.1) is 15.8 Å². The molecule has 0 rings (SSSR count). The van der Waals surface area contributed by atoms with Crippen molar-refractivity contribution in [1.29, 1.82) is 0 Å². The van der Waals surface area contributed by atoms with Gasteiger partial charge in [-0.3, -0.25) is 4.79 Å². The van der Waals surface area contributed by atoms with Gasteiger partial charge in [0.2, 0.25) is 0 Å². The summed E-state index contributed by atoms with van der Waals surface area (Å²) in [7, 11) is 0.415. The van der Waals surface area contributed by atoms with Crippen LogP contribution >= 0.6 is 15.8 Å². The van der Waals surface area contributed by atoms with Gasteiger partial charge in [0.1, 0.15) is 6.79 Å². The van der Waals surface area contributed by atoms with Gasteiger partial charge in [-0.05, 0) is 48.0 Å². The molecule has 2 N–H and O–H groups in total. The third-order valence-electron chi connectivity index (χ3n) is 3.75. The first-order valence-electron chi connectivity index (χ1n) is 9.21. The molecule has 0 atom stereocenters. The number of rotatable bonds is 10. The van der Waals surface area contributed by atoms with Crippen molar-refractivity contribution in [1.82, 2.24) is 5.32 Å². The number of hydrogen-bond donors (Lipinski definition) is 2. The van der Waals surface area contributed by atoms with E-state index in [1.807, 2.05) is 6.79 Å². The fourth-order valence-corrected chi connectivity index (χ4v) is 8.05. The van der Waals surface area contributed by atoms with Crippen LogP contribution in [0.15, 0.2) is 0 Å². The summed E-state index contributed by atoms with van der Waals surface area (Å²) in [5, 5.41) is 11.1. The van der Waals surface area contributed by atoms with E-state index in [9.17, 15) is 0 Å². The molecule has 0 spiro atoms. The number of carboxylic acids is 1. The Morgan fingerprint density at radius 1 is 0.808 bits per heavy atom. The van der Waals surface area contributed by atoms with E-state index in [2.05, 4.69) is 60.7 Å². The van der Waals surface area contributed by atoms with E-state index < -0.39 is 5.97 Å². The molecule has 26 heavy (non-hydrogen) atoms. The fraction of sp³-hybridized carbons (Fsp3) is 0.895. The molecule has 0 aliphatic heterocycles. The summed E-state index contributed by atoms with van der Waals surface area (Å²) < 4.78 is 0. The van der Waals surface area contributed by atoms with Crippen LogP contribution in [-0.4, -0.2) is 65.9 Å². The maximum atomic E-state index is 9.00. The van der Waals surface area contributed by atoms with Crippen LogP contribution in [0.1, 0.15) is 62.3 Å². The Bertz CT molecular complexity index is 275. The van der Waals surface area contributed by atoms with E-state index in [0.29, 0.717) is 0 Å². The molecule has 4 nitrogen and oxygen atoms in total. The van der Waals surface area contributed by atoms with Gasteiger partial charge < -0.3 is 15.2 Å². The minimum absolute atomic E-state index is 0. The summed E-state index contributed by atoms with van der Waals surface area (Å²) in [6.07, 6.45) is 2.79. The molecule has 0 bridgehead atoms. The first-order valence-corrected chi connectivity index (χ1v) is 12.5. The van der Waals surface area contributed by atoms with Crippen molar-refractivity contribution in [3.05, 3.63) is 0 Å². The van der Waals surface area contributed by atoms with Crippen LogP contribution in [0.25, 0.3) is 0 Å². The molecule has 0 unspecified atom stereocenters. The minimum atomic E-state index is -0.833. The van der Waals surface area contributed by atoms with E-state index in [4.69, 9.17) is 14.7 Å². The Kier molecular flexibility index (Phi) is 28.5. The molecular formula is C19H43FeNO3P2. The van der Waals surface area contributed by atoms with Gasteiger partial charge >= 0.3 is 0 Å². The molecule has 0 saturated heterocycles. The average Bonchev–Trinajstić information content (AvgIpc) is 2.46. The van der Waals surface area contributed by atoms with E-state index >= 15 is 0 Å². The van der Waals surface area contributed by atoms with Crippen molar-refractivity contribution in [2.45, 2.75) is 84.9 Å². The number of carbonyl (C=O) groups excluding carboxylic acids is 1. The number of hydrogen-bond acceptors (Lipinski definition) is 3. The first kappa shape index (κ1) is 34.0. The minimum Gasteiger partial charge on any atom is -0.481 e. The fourth-order valence-electron chi connectivity index (χ4n) is 2.77. The second-order valence-electron chi connectivity index (χ2n) is 7.12. The maximum absolute atomic E-state index is 9.00. The maximum Gasteiger partial charge on any atom is 0.300 e. The van der Waals surface area contributed by atoms with E-state index in [1.54, 1.807) is 0 Å². The standard InChI is InChI=1S/C16H37NP2.C2H4O2.CH2O.Fe/c1-13(2)18(14(3)4)11-9-17-10-12-19(15(5)6)16(7)8;1-2(3)4;1-2;/h13-17H,9-12H2,1-8H3;1H3,(H,3,4);1H2;. The second-order valence-corrected chi connectivity index (χ2v) is 14.2. The SMILES string of the molecule is C=O.CC(=O)O.CC(C)P(CCNCCP(C(C)C)C(C)C)C(C)C.[Fe]. The number of carboxylic acid groups (broad SMARTS) is 1. The summed E-state index contributed by atoms with van der Waals surface area (Å²) >= 11 is 0. The van der Waals surface area contributed by atoms with Crippen LogP contribution < -0.4 is 5.32 Å². The zero-order valence-corrected chi connectivity index (χ0v) is 21.2. The average molecular weight is 451 g/mol. The zero-order chi connectivity index (χ0) is 20.6. The summed E-state index contributed by atoms with van der Waals surface area (Å²) in [5.41, 5.74) is 3.50. The van der Waals surface area contributed by atoms with Crippen molar-refractivity contribution in [2.24, 2.45) is 0 Å². The predicted octanol–water partition coefficient (Wildman–Crippen LogP) is 5.08. The van der Waals surface area contributed by atoms with Crippen molar-refractivity contribution in [3.63, 3.8) is 0 Å². The van der Waals surface area contributed by atoms with Crippen LogP contribution in [0.4, 0.5) is 0 Å². The molecule has 0 radical (unpaired) electrons. The van der Waals surface area contributed by atoms with Gasteiger partial charge in [-0.2, -0.15) is 0 Å². The molecule has 0 aliphatic carbocycles. The summed E-state index contributed by atoms with van der Waals surface area (Å²) in [6, 6.07) is 0. The van der Waals surface area contributed by atoms with Gasteiger partial charge in [0, 0.05) is 24.0 Å².